The van der Waals surface area contributed by atoms with E-state index in [0.717, 1.165) is 10.9 Å². The number of hydrogen-bond acceptors (Lipinski definition) is 3. The third kappa shape index (κ3) is 1.61. The molecule has 4 heteroatoms. The first-order chi connectivity index (χ1) is 6.29. The second kappa shape index (κ2) is 3.28. The molecule has 0 aliphatic carbocycles. The van der Waals surface area contributed by atoms with Gasteiger partial charge in [0.15, 0.2) is 5.82 Å². The zero-order valence-corrected chi connectivity index (χ0v) is 7.49. The van der Waals surface area contributed by atoms with E-state index in [4.69, 9.17) is 16.7 Å². The lowest BCUT2D eigenvalue weighted by Crippen LogP contribution is -1.93. The van der Waals surface area contributed by atoms with Crippen LogP contribution >= 0.6 is 11.6 Å². The number of rotatable bonds is 1. The quantitative estimate of drug-likeness (QED) is 0.753. The number of benzene rings is 1. The minimum Gasteiger partial charge on any atom is -0.388 e. The van der Waals surface area contributed by atoms with Crippen LogP contribution in [0.5, 0.6) is 0 Å². The van der Waals surface area contributed by atoms with E-state index in [2.05, 4.69) is 9.97 Å². The van der Waals surface area contributed by atoms with Gasteiger partial charge in [-0.15, -0.1) is 0 Å². The summed E-state index contributed by atoms with van der Waals surface area (Å²) < 4.78 is 0. The molecule has 0 bridgehead atoms. The lowest BCUT2D eigenvalue weighted by molar-refractivity contribution is 0.272. The standard InChI is InChI=1S/C9H7ClN2O/c10-7-1-2-8-6(3-7)4-11-9(5-13)12-8/h1-4,13H,5H2. The van der Waals surface area contributed by atoms with Crippen LogP contribution in [0, 0.1) is 0 Å². The van der Waals surface area contributed by atoms with E-state index in [1.54, 1.807) is 24.4 Å². The summed E-state index contributed by atoms with van der Waals surface area (Å²) in [5.74, 6) is 0.426. The second-order valence-electron chi connectivity index (χ2n) is 2.65. The molecule has 0 aliphatic heterocycles. The van der Waals surface area contributed by atoms with Crippen LogP contribution in [0.25, 0.3) is 10.9 Å². The fourth-order valence-electron chi connectivity index (χ4n) is 1.12. The molecule has 2 aromatic rings. The van der Waals surface area contributed by atoms with Crippen molar-refractivity contribution in [3.63, 3.8) is 0 Å². The molecule has 0 atom stereocenters. The summed E-state index contributed by atoms with van der Waals surface area (Å²) in [5.41, 5.74) is 0.795. The van der Waals surface area contributed by atoms with Gasteiger partial charge in [-0.3, -0.25) is 0 Å². The fraction of sp³-hybridized carbons (Fsp3) is 0.111. The Morgan fingerprint density at radius 2 is 2.23 bits per heavy atom. The van der Waals surface area contributed by atoms with Gasteiger partial charge in [0.1, 0.15) is 6.61 Å². The SMILES string of the molecule is OCc1ncc2cc(Cl)ccc2n1. The van der Waals surface area contributed by atoms with Crippen LogP contribution in [-0.2, 0) is 6.61 Å². The third-order valence-corrected chi connectivity index (χ3v) is 1.97. The normalized spacial score (nSPS) is 10.6. The first-order valence-electron chi connectivity index (χ1n) is 3.81. The Morgan fingerprint density at radius 1 is 1.38 bits per heavy atom. The molecular formula is C9H7ClN2O. The summed E-state index contributed by atoms with van der Waals surface area (Å²) >= 11 is 5.79. The van der Waals surface area contributed by atoms with Gasteiger partial charge < -0.3 is 5.11 Å². The molecule has 0 unspecified atom stereocenters. The number of hydrogen-bond donors (Lipinski definition) is 1. The predicted molar refractivity (Wildman–Crippen MR) is 50.5 cm³/mol. The van der Waals surface area contributed by atoms with E-state index in [1.807, 2.05) is 0 Å². The van der Waals surface area contributed by atoms with E-state index in [9.17, 15) is 0 Å². The van der Waals surface area contributed by atoms with Crippen molar-refractivity contribution < 1.29 is 5.11 Å². The maximum absolute atomic E-state index is 8.80. The number of halogens is 1. The molecular weight excluding hydrogens is 188 g/mol. The summed E-state index contributed by atoms with van der Waals surface area (Å²) in [5, 5.41) is 10.3. The highest BCUT2D eigenvalue weighted by Crippen LogP contribution is 2.16. The summed E-state index contributed by atoms with van der Waals surface area (Å²) in [6.07, 6.45) is 1.65. The largest absolute Gasteiger partial charge is 0.388 e. The first kappa shape index (κ1) is 8.41. The van der Waals surface area contributed by atoms with Crippen molar-refractivity contribution in [2.75, 3.05) is 0 Å². The van der Waals surface area contributed by atoms with Crippen molar-refractivity contribution in [1.82, 2.24) is 9.97 Å². The number of fused-ring (bicyclic) bond motifs is 1. The Hall–Kier alpha value is -1.19. The van der Waals surface area contributed by atoms with E-state index in [0.29, 0.717) is 10.8 Å². The van der Waals surface area contributed by atoms with E-state index >= 15 is 0 Å². The van der Waals surface area contributed by atoms with E-state index < -0.39 is 0 Å². The number of aromatic nitrogens is 2. The lowest BCUT2D eigenvalue weighted by atomic mass is 10.2. The molecule has 0 aliphatic rings. The molecule has 0 fully saturated rings. The minimum atomic E-state index is -0.140. The molecule has 0 spiro atoms. The average molecular weight is 195 g/mol. The van der Waals surface area contributed by atoms with Gasteiger partial charge in [-0.2, -0.15) is 0 Å². The summed E-state index contributed by atoms with van der Waals surface area (Å²) in [7, 11) is 0. The molecule has 1 N–H and O–H groups in total. The first-order valence-corrected chi connectivity index (χ1v) is 4.19. The molecule has 13 heavy (non-hydrogen) atoms. The molecule has 1 aromatic heterocycles. The molecule has 0 radical (unpaired) electrons. The molecule has 3 nitrogen and oxygen atoms in total. The summed E-state index contributed by atoms with van der Waals surface area (Å²) in [4.78, 5) is 8.06. The van der Waals surface area contributed by atoms with Crippen molar-refractivity contribution in [1.29, 1.82) is 0 Å². The maximum Gasteiger partial charge on any atom is 0.154 e. The van der Waals surface area contributed by atoms with Crippen LogP contribution < -0.4 is 0 Å². The molecule has 2 rings (SSSR count). The predicted octanol–water partition coefficient (Wildman–Crippen LogP) is 1.78. The van der Waals surface area contributed by atoms with Gasteiger partial charge >= 0.3 is 0 Å². The summed E-state index contributed by atoms with van der Waals surface area (Å²) in [6.45, 7) is -0.140. The molecule has 0 amide bonds. The van der Waals surface area contributed by atoms with Crippen LogP contribution in [0.4, 0.5) is 0 Å². The van der Waals surface area contributed by atoms with Crippen molar-refractivity contribution in [2.45, 2.75) is 6.61 Å². The summed E-state index contributed by atoms with van der Waals surface area (Å²) in [6, 6.07) is 5.36. The second-order valence-corrected chi connectivity index (χ2v) is 3.08. The number of aliphatic hydroxyl groups is 1. The van der Waals surface area contributed by atoms with Gasteiger partial charge in [-0.05, 0) is 18.2 Å². The van der Waals surface area contributed by atoms with Crippen LogP contribution in [0.15, 0.2) is 24.4 Å². The minimum absolute atomic E-state index is 0.140. The smallest absolute Gasteiger partial charge is 0.154 e. The number of nitrogens with zero attached hydrogens (tertiary/aromatic N) is 2. The van der Waals surface area contributed by atoms with Crippen LogP contribution in [-0.4, -0.2) is 15.1 Å². The van der Waals surface area contributed by atoms with Crippen molar-refractivity contribution in [3.8, 4) is 0 Å². The van der Waals surface area contributed by atoms with Crippen molar-refractivity contribution in [3.05, 3.63) is 35.2 Å². The average Bonchev–Trinajstić information content (AvgIpc) is 2.17. The Bertz CT molecular complexity index is 445. The van der Waals surface area contributed by atoms with Gasteiger partial charge in [0.25, 0.3) is 0 Å². The zero-order valence-electron chi connectivity index (χ0n) is 6.74. The Labute approximate surface area is 80.0 Å². The van der Waals surface area contributed by atoms with Gasteiger partial charge in [-0.25, -0.2) is 9.97 Å². The highest BCUT2D eigenvalue weighted by atomic mass is 35.5. The third-order valence-electron chi connectivity index (χ3n) is 1.73. The molecule has 66 valence electrons. The van der Waals surface area contributed by atoms with Gasteiger partial charge in [-0.1, -0.05) is 11.6 Å². The lowest BCUT2D eigenvalue weighted by Gasteiger charge is -1.98. The fourth-order valence-corrected chi connectivity index (χ4v) is 1.30. The molecule has 0 saturated carbocycles. The van der Waals surface area contributed by atoms with Crippen LogP contribution in [0.2, 0.25) is 5.02 Å². The maximum atomic E-state index is 8.80. The monoisotopic (exact) mass is 194 g/mol. The Morgan fingerprint density at radius 3 is 3.00 bits per heavy atom. The molecule has 0 saturated heterocycles. The highest BCUT2D eigenvalue weighted by Gasteiger charge is 1.98. The van der Waals surface area contributed by atoms with E-state index in [1.165, 1.54) is 0 Å². The Balaban J connectivity index is 2.66. The number of aliphatic hydroxyl groups excluding tert-OH is 1. The van der Waals surface area contributed by atoms with Gasteiger partial charge in [0.05, 0.1) is 5.52 Å². The van der Waals surface area contributed by atoms with Gasteiger partial charge in [0.2, 0.25) is 0 Å². The van der Waals surface area contributed by atoms with Crippen molar-refractivity contribution >= 4 is 22.5 Å². The van der Waals surface area contributed by atoms with Crippen LogP contribution in [0.1, 0.15) is 5.82 Å². The van der Waals surface area contributed by atoms with Crippen molar-refractivity contribution in [2.24, 2.45) is 0 Å². The topological polar surface area (TPSA) is 46.0 Å². The van der Waals surface area contributed by atoms with Crippen LogP contribution in [0.3, 0.4) is 0 Å². The molecule has 1 aromatic carbocycles. The van der Waals surface area contributed by atoms with Gasteiger partial charge in [0, 0.05) is 16.6 Å². The molecule has 1 heterocycles. The Kier molecular flexibility index (Phi) is 2.12. The highest BCUT2D eigenvalue weighted by molar-refractivity contribution is 6.31. The zero-order chi connectivity index (χ0) is 9.26. The van der Waals surface area contributed by atoms with E-state index in [-0.39, 0.29) is 6.61 Å².